The van der Waals surface area contributed by atoms with Crippen LogP contribution in [0.25, 0.3) is 0 Å². The molecule has 0 fully saturated rings. The van der Waals surface area contributed by atoms with Crippen LogP contribution in [-0.4, -0.2) is 23.7 Å². The SMILES string of the molecule is N[C@@H](CCO)C(=O)[O-]. The minimum Gasteiger partial charge on any atom is -0.548 e. The summed E-state index contributed by atoms with van der Waals surface area (Å²) in [6.45, 7) is -0.213. The minimum absolute atomic E-state index is 0.0579. The zero-order valence-corrected chi connectivity index (χ0v) is 4.33. The lowest BCUT2D eigenvalue weighted by molar-refractivity contribution is -0.307. The first-order valence-electron chi connectivity index (χ1n) is 2.25. The largest absolute Gasteiger partial charge is 0.548 e. The van der Waals surface area contributed by atoms with E-state index in [1.165, 1.54) is 0 Å². The molecule has 0 unspecified atom stereocenters. The smallest absolute Gasteiger partial charge is 0.0583 e. The number of rotatable bonds is 3. The van der Waals surface area contributed by atoms with E-state index in [0.29, 0.717) is 0 Å². The van der Waals surface area contributed by atoms with Crippen molar-refractivity contribution in [3.63, 3.8) is 0 Å². The summed E-state index contributed by atoms with van der Waals surface area (Å²) in [6, 6.07) is -1.03. The van der Waals surface area contributed by atoms with Gasteiger partial charge in [0, 0.05) is 12.6 Å². The molecule has 0 aliphatic carbocycles. The summed E-state index contributed by atoms with van der Waals surface area (Å²) in [5, 5.41) is 17.9. The maximum absolute atomic E-state index is 9.74. The van der Waals surface area contributed by atoms with E-state index in [0.717, 1.165) is 0 Å². The number of carboxylic acids is 1. The fourth-order valence-corrected chi connectivity index (χ4v) is 0.257. The van der Waals surface area contributed by atoms with Crippen molar-refractivity contribution in [2.24, 2.45) is 5.73 Å². The average molecular weight is 118 g/mol. The van der Waals surface area contributed by atoms with Gasteiger partial charge in [0.1, 0.15) is 0 Å². The van der Waals surface area contributed by atoms with E-state index in [1.807, 2.05) is 0 Å². The van der Waals surface area contributed by atoms with Gasteiger partial charge in [-0.2, -0.15) is 0 Å². The number of aliphatic hydroxyl groups is 1. The van der Waals surface area contributed by atoms with E-state index in [4.69, 9.17) is 10.8 Å². The Hall–Kier alpha value is -0.610. The van der Waals surface area contributed by atoms with Crippen LogP contribution in [0.15, 0.2) is 0 Å². The molecule has 0 saturated heterocycles. The number of hydrogen-bond acceptors (Lipinski definition) is 4. The van der Waals surface area contributed by atoms with Crippen LogP contribution in [0.4, 0.5) is 0 Å². The zero-order chi connectivity index (χ0) is 6.57. The minimum atomic E-state index is -1.32. The van der Waals surface area contributed by atoms with Crippen LogP contribution in [0.2, 0.25) is 0 Å². The van der Waals surface area contributed by atoms with Crippen molar-refractivity contribution in [2.45, 2.75) is 12.5 Å². The summed E-state index contributed by atoms with van der Waals surface area (Å²) in [5.41, 5.74) is 4.90. The molecule has 3 N–H and O–H groups in total. The van der Waals surface area contributed by atoms with Crippen molar-refractivity contribution in [2.75, 3.05) is 6.61 Å². The van der Waals surface area contributed by atoms with E-state index in [2.05, 4.69) is 0 Å². The molecule has 0 aromatic carbocycles. The normalized spacial score (nSPS) is 13.2. The van der Waals surface area contributed by atoms with Gasteiger partial charge < -0.3 is 20.7 Å². The molecule has 0 radical (unpaired) electrons. The molecule has 0 spiro atoms. The van der Waals surface area contributed by atoms with Crippen molar-refractivity contribution in [3.05, 3.63) is 0 Å². The first-order chi connectivity index (χ1) is 3.68. The van der Waals surface area contributed by atoms with Crippen LogP contribution < -0.4 is 10.8 Å². The van der Waals surface area contributed by atoms with Crippen molar-refractivity contribution >= 4 is 5.97 Å². The molecule has 0 bridgehead atoms. The summed E-state index contributed by atoms with van der Waals surface area (Å²) < 4.78 is 0. The highest BCUT2D eigenvalue weighted by atomic mass is 16.4. The van der Waals surface area contributed by atoms with Gasteiger partial charge in [-0.1, -0.05) is 0 Å². The van der Waals surface area contributed by atoms with Crippen molar-refractivity contribution in [1.82, 2.24) is 0 Å². The first kappa shape index (κ1) is 7.39. The molecule has 1 atom stereocenters. The summed E-state index contributed by atoms with van der Waals surface area (Å²) in [6.07, 6.45) is 0.0579. The van der Waals surface area contributed by atoms with Gasteiger partial charge in [0.15, 0.2) is 0 Å². The summed E-state index contributed by atoms with van der Waals surface area (Å²) in [5.74, 6) is -1.32. The molecule has 0 rings (SSSR count). The molecule has 0 aliphatic heterocycles. The molecule has 4 heteroatoms. The predicted octanol–water partition coefficient (Wildman–Crippen LogP) is -2.55. The number of nitrogens with two attached hydrogens (primary N) is 1. The summed E-state index contributed by atoms with van der Waals surface area (Å²) >= 11 is 0. The van der Waals surface area contributed by atoms with Gasteiger partial charge in [-0.3, -0.25) is 0 Å². The monoisotopic (exact) mass is 118 g/mol. The lowest BCUT2D eigenvalue weighted by Crippen LogP contribution is -2.42. The number of hydrogen-bond donors (Lipinski definition) is 2. The van der Waals surface area contributed by atoms with Crippen LogP contribution >= 0.6 is 0 Å². The van der Waals surface area contributed by atoms with Crippen molar-refractivity contribution < 1.29 is 15.0 Å². The van der Waals surface area contributed by atoms with Crippen LogP contribution in [0.5, 0.6) is 0 Å². The topological polar surface area (TPSA) is 86.4 Å². The maximum atomic E-state index is 9.74. The van der Waals surface area contributed by atoms with E-state index < -0.39 is 12.0 Å². The van der Waals surface area contributed by atoms with Crippen LogP contribution in [0, 0.1) is 0 Å². The second kappa shape index (κ2) is 3.40. The Kier molecular flexibility index (Phi) is 3.14. The predicted molar refractivity (Wildman–Crippen MR) is 24.7 cm³/mol. The number of carboxylic acid groups (broad SMARTS) is 1. The Morgan fingerprint density at radius 3 is 2.50 bits per heavy atom. The highest BCUT2D eigenvalue weighted by Gasteiger charge is 1.99. The van der Waals surface area contributed by atoms with Gasteiger partial charge in [0.05, 0.1) is 5.97 Å². The fraction of sp³-hybridized carbons (Fsp3) is 0.750. The molecular weight excluding hydrogens is 110 g/mol. The maximum Gasteiger partial charge on any atom is 0.0583 e. The van der Waals surface area contributed by atoms with Crippen molar-refractivity contribution in [3.8, 4) is 0 Å². The Balaban J connectivity index is 3.32. The molecule has 0 aromatic heterocycles. The Labute approximate surface area is 46.9 Å². The molecule has 4 nitrogen and oxygen atoms in total. The molecular formula is C4H8NO3-. The van der Waals surface area contributed by atoms with Gasteiger partial charge in [0.25, 0.3) is 0 Å². The Bertz CT molecular complexity index is 83.4. The third-order valence-corrected chi connectivity index (χ3v) is 0.743. The first-order valence-corrected chi connectivity index (χ1v) is 2.25. The number of aliphatic hydroxyl groups excluding tert-OH is 1. The lowest BCUT2D eigenvalue weighted by Gasteiger charge is -2.08. The zero-order valence-electron chi connectivity index (χ0n) is 4.33. The average Bonchev–Trinajstić information content (AvgIpc) is 1.67. The molecule has 48 valence electrons. The lowest BCUT2D eigenvalue weighted by atomic mass is 10.2. The molecule has 8 heavy (non-hydrogen) atoms. The second-order valence-electron chi connectivity index (χ2n) is 1.44. The van der Waals surface area contributed by atoms with Crippen LogP contribution in [0.1, 0.15) is 6.42 Å². The van der Waals surface area contributed by atoms with E-state index >= 15 is 0 Å². The highest BCUT2D eigenvalue weighted by molar-refractivity contribution is 5.70. The Morgan fingerprint density at radius 2 is 2.38 bits per heavy atom. The summed E-state index contributed by atoms with van der Waals surface area (Å²) in [7, 11) is 0. The van der Waals surface area contributed by atoms with Gasteiger partial charge in [0.2, 0.25) is 0 Å². The van der Waals surface area contributed by atoms with Crippen molar-refractivity contribution in [1.29, 1.82) is 0 Å². The molecule has 0 aromatic rings. The number of carbonyl (C=O) groups is 1. The fourth-order valence-electron chi connectivity index (χ4n) is 0.257. The number of carbonyl (C=O) groups excluding carboxylic acids is 1. The quantitative estimate of drug-likeness (QED) is 0.427. The van der Waals surface area contributed by atoms with E-state index in [1.54, 1.807) is 0 Å². The van der Waals surface area contributed by atoms with Gasteiger partial charge in [-0.15, -0.1) is 0 Å². The van der Waals surface area contributed by atoms with Gasteiger partial charge in [-0.25, -0.2) is 0 Å². The van der Waals surface area contributed by atoms with Crippen LogP contribution in [0.3, 0.4) is 0 Å². The standard InChI is InChI=1S/C4H9NO3/c5-3(1-2-6)4(7)8/h3,6H,1-2,5H2,(H,7,8)/p-1/t3-/m0/s1. The molecule has 0 amide bonds. The Morgan fingerprint density at radius 1 is 1.88 bits per heavy atom. The molecule has 0 aliphatic rings. The van der Waals surface area contributed by atoms with Gasteiger partial charge in [-0.05, 0) is 6.42 Å². The third-order valence-electron chi connectivity index (χ3n) is 0.743. The highest BCUT2D eigenvalue weighted by Crippen LogP contribution is 1.81. The summed E-state index contributed by atoms with van der Waals surface area (Å²) in [4.78, 5) is 9.74. The molecule has 0 heterocycles. The third kappa shape index (κ3) is 2.54. The van der Waals surface area contributed by atoms with Gasteiger partial charge >= 0.3 is 0 Å². The molecule has 0 saturated carbocycles. The van der Waals surface area contributed by atoms with Crippen LogP contribution in [-0.2, 0) is 4.79 Å². The number of aliphatic carboxylic acids is 1. The van der Waals surface area contributed by atoms with E-state index in [-0.39, 0.29) is 13.0 Å². The second-order valence-corrected chi connectivity index (χ2v) is 1.44. The van der Waals surface area contributed by atoms with E-state index in [9.17, 15) is 9.90 Å².